The van der Waals surface area contributed by atoms with Gasteiger partial charge in [-0.15, -0.1) is 11.8 Å². The Morgan fingerprint density at radius 3 is 2.73 bits per heavy atom. The number of tetrazole rings is 1. The number of aromatic nitrogens is 4. The predicted molar refractivity (Wildman–Crippen MR) is 58.4 cm³/mol. The second-order valence-corrected chi connectivity index (χ2v) is 3.88. The lowest BCUT2D eigenvalue weighted by Crippen LogP contribution is -2.21. The van der Waals surface area contributed by atoms with Crippen LogP contribution in [0.3, 0.4) is 0 Å². The summed E-state index contributed by atoms with van der Waals surface area (Å²) in [5.41, 5.74) is 0.494. The van der Waals surface area contributed by atoms with Gasteiger partial charge in [-0.1, -0.05) is 6.07 Å². The Labute approximate surface area is 90.7 Å². The van der Waals surface area contributed by atoms with Crippen LogP contribution in [0.1, 0.15) is 0 Å². The summed E-state index contributed by atoms with van der Waals surface area (Å²) in [5, 5.41) is 7.43. The molecule has 2 aromatic rings. The highest BCUT2D eigenvalue weighted by Gasteiger charge is 2.05. The summed E-state index contributed by atoms with van der Waals surface area (Å²) in [5.74, 6) is 0. The fourth-order valence-corrected chi connectivity index (χ4v) is 1.67. The molecule has 6 heteroatoms. The molecule has 0 aliphatic heterocycles. The van der Waals surface area contributed by atoms with Crippen LogP contribution in [0.2, 0.25) is 0 Å². The second-order valence-electron chi connectivity index (χ2n) is 3.00. The molecule has 0 saturated heterocycles. The summed E-state index contributed by atoms with van der Waals surface area (Å²) in [6.45, 7) is 0. The lowest BCUT2D eigenvalue weighted by atomic mass is 10.3. The van der Waals surface area contributed by atoms with E-state index in [1.165, 1.54) is 9.36 Å². The van der Waals surface area contributed by atoms with E-state index in [0.717, 1.165) is 10.6 Å². The van der Waals surface area contributed by atoms with Gasteiger partial charge in [0.25, 0.3) is 0 Å². The molecule has 0 aliphatic carbocycles. The quantitative estimate of drug-likeness (QED) is 0.701. The van der Waals surface area contributed by atoms with Gasteiger partial charge in [0.1, 0.15) is 0 Å². The summed E-state index contributed by atoms with van der Waals surface area (Å²) >= 11 is 1.62. The van der Waals surface area contributed by atoms with Crippen molar-refractivity contribution in [3.63, 3.8) is 0 Å². The lowest BCUT2D eigenvalue weighted by Gasteiger charge is -2.00. The van der Waals surface area contributed by atoms with Crippen molar-refractivity contribution in [1.29, 1.82) is 0 Å². The Morgan fingerprint density at radius 2 is 2.13 bits per heavy atom. The summed E-state index contributed by atoms with van der Waals surface area (Å²) in [6, 6.07) is 7.61. The molecule has 1 aromatic heterocycles. The van der Waals surface area contributed by atoms with Crippen molar-refractivity contribution in [2.24, 2.45) is 7.05 Å². The molecule has 1 aromatic carbocycles. The Hall–Kier alpha value is -1.56. The van der Waals surface area contributed by atoms with Gasteiger partial charge in [-0.2, -0.15) is 9.36 Å². The van der Waals surface area contributed by atoms with Gasteiger partial charge in [0.2, 0.25) is 0 Å². The SMILES string of the molecule is CSc1cccc(-n2nnn(C)c2=O)c1. The maximum atomic E-state index is 11.6. The molecular formula is C9H10N4OS. The van der Waals surface area contributed by atoms with E-state index in [2.05, 4.69) is 10.4 Å². The smallest absolute Gasteiger partial charge is 0.244 e. The maximum absolute atomic E-state index is 11.6. The van der Waals surface area contributed by atoms with Crippen LogP contribution in [0, 0.1) is 0 Å². The number of hydrogen-bond acceptors (Lipinski definition) is 4. The minimum absolute atomic E-state index is 0.242. The van der Waals surface area contributed by atoms with Crippen molar-refractivity contribution < 1.29 is 0 Å². The zero-order chi connectivity index (χ0) is 10.8. The number of aryl methyl sites for hydroxylation is 1. The molecule has 0 unspecified atom stereocenters. The first-order valence-electron chi connectivity index (χ1n) is 4.36. The molecule has 0 atom stereocenters. The monoisotopic (exact) mass is 222 g/mol. The average molecular weight is 222 g/mol. The van der Waals surface area contributed by atoms with Crippen molar-refractivity contribution in [2.75, 3.05) is 6.26 Å². The Morgan fingerprint density at radius 1 is 1.33 bits per heavy atom. The first kappa shape index (κ1) is 9.97. The minimum atomic E-state index is -0.242. The van der Waals surface area contributed by atoms with Crippen LogP contribution in [-0.2, 0) is 7.05 Å². The molecular weight excluding hydrogens is 212 g/mol. The van der Waals surface area contributed by atoms with Crippen molar-refractivity contribution in [1.82, 2.24) is 19.8 Å². The molecule has 0 spiro atoms. The molecule has 1 heterocycles. The first-order valence-corrected chi connectivity index (χ1v) is 5.58. The summed E-state index contributed by atoms with van der Waals surface area (Å²) in [7, 11) is 1.57. The highest BCUT2D eigenvalue weighted by Crippen LogP contribution is 2.16. The zero-order valence-electron chi connectivity index (χ0n) is 8.41. The lowest BCUT2D eigenvalue weighted by molar-refractivity contribution is 0.693. The Balaban J connectivity index is 2.54. The highest BCUT2D eigenvalue weighted by atomic mass is 32.2. The summed E-state index contributed by atoms with van der Waals surface area (Å²) in [4.78, 5) is 12.7. The van der Waals surface area contributed by atoms with E-state index in [1.54, 1.807) is 18.8 Å². The van der Waals surface area contributed by atoms with Crippen LogP contribution in [0.4, 0.5) is 0 Å². The Kier molecular flexibility index (Phi) is 2.59. The molecule has 0 fully saturated rings. The molecule has 0 saturated carbocycles. The van der Waals surface area contributed by atoms with E-state index < -0.39 is 0 Å². The molecule has 0 N–H and O–H groups in total. The van der Waals surface area contributed by atoms with Gasteiger partial charge in [-0.25, -0.2) is 4.79 Å². The minimum Gasteiger partial charge on any atom is -0.244 e. The van der Waals surface area contributed by atoms with Crippen molar-refractivity contribution >= 4 is 11.8 Å². The third-order valence-electron chi connectivity index (χ3n) is 2.02. The fourth-order valence-electron chi connectivity index (χ4n) is 1.22. The normalized spacial score (nSPS) is 10.5. The van der Waals surface area contributed by atoms with Gasteiger partial charge in [-0.05, 0) is 34.9 Å². The van der Waals surface area contributed by atoms with E-state index in [1.807, 2.05) is 30.5 Å². The topological polar surface area (TPSA) is 52.7 Å². The van der Waals surface area contributed by atoms with Gasteiger partial charge in [-0.3, -0.25) is 0 Å². The van der Waals surface area contributed by atoms with E-state index in [9.17, 15) is 4.79 Å². The van der Waals surface area contributed by atoms with Crippen molar-refractivity contribution in [3.8, 4) is 5.69 Å². The van der Waals surface area contributed by atoms with E-state index >= 15 is 0 Å². The largest absolute Gasteiger partial charge is 0.368 e. The summed E-state index contributed by atoms with van der Waals surface area (Å²) < 4.78 is 2.48. The maximum Gasteiger partial charge on any atom is 0.368 e. The summed E-state index contributed by atoms with van der Waals surface area (Å²) in [6.07, 6.45) is 1.98. The third-order valence-corrected chi connectivity index (χ3v) is 2.74. The number of nitrogens with zero attached hydrogens (tertiary/aromatic N) is 4. The molecule has 0 bridgehead atoms. The highest BCUT2D eigenvalue weighted by molar-refractivity contribution is 7.98. The molecule has 2 rings (SSSR count). The first-order chi connectivity index (χ1) is 7.22. The van der Waals surface area contributed by atoms with Crippen LogP contribution < -0.4 is 5.69 Å². The van der Waals surface area contributed by atoms with E-state index in [4.69, 9.17) is 0 Å². The molecule has 0 amide bonds. The number of benzene rings is 1. The molecule has 5 nitrogen and oxygen atoms in total. The van der Waals surface area contributed by atoms with Crippen LogP contribution >= 0.6 is 11.8 Å². The van der Waals surface area contributed by atoms with Crippen LogP contribution in [0.5, 0.6) is 0 Å². The van der Waals surface area contributed by atoms with Crippen molar-refractivity contribution in [2.45, 2.75) is 4.90 Å². The molecule has 78 valence electrons. The number of hydrogen-bond donors (Lipinski definition) is 0. The molecule has 15 heavy (non-hydrogen) atoms. The van der Waals surface area contributed by atoms with Gasteiger partial charge < -0.3 is 0 Å². The standard InChI is InChI=1S/C9H10N4OS/c1-12-9(14)13(11-10-12)7-4-3-5-8(6-7)15-2/h3-6H,1-2H3. The van der Waals surface area contributed by atoms with Crippen LogP contribution in [0.15, 0.2) is 34.0 Å². The van der Waals surface area contributed by atoms with Crippen molar-refractivity contribution in [3.05, 3.63) is 34.7 Å². The fraction of sp³-hybridized carbons (Fsp3) is 0.222. The number of rotatable bonds is 2. The average Bonchev–Trinajstić information content (AvgIpc) is 2.60. The van der Waals surface area contributed by atoms with Crippen LogP contribution in [-0.4, -0.2) is 26.0 Å². The van der Waals surface area contributed by atoms with Gasteiger partial charge in [0, 0.05) is 11.9 Å². The number of thioether (sulfide) groups is 1. The predicted octanol–water partition coefficient (Wildman–Crippen LogP) is 0.688. The van der Waals surface area contributed by atoms with Gasteiger partial charge in [0.05, 0.1) is 5.69 Å². The molecule has 0 radical (unpaired) electrons. The Bertz CT molecular complexity index is 531. The van der Waals surface area contributed by atoms with E-state index in [-0.39, 0.29) is 5.69 Å². The molecule has 0 aliphatic rings. The van der Waals surface area contributed by atoms with Gasteiger partial charge in [0.15, 0.2) is 0 Å². The second kappa shape index (κ2) is 3.90. The third kappa shape index (κ3) is 1.80. The van der Waals surface area contributed by atoms with Crippen LogP contribution in [0.25, 0.3) is 5.69 Å². The van der Waals surface area contributed by atoms with Gasteiger partial charge >= 0.3 is 5.69 Å². The van der Waals surface area contributed by atoms with E-state index in [0.29, 0.717) is 0 Å². The zero-order valence-corrected chi connectivity index (χ0v) is 9.23.